The van der Waals surface area contributed by atoms with E-state index >= 15 is 0 Å². The molecule has 1 aromatic rings. The summed E-state index contributed by atoms with van der Waals surface area (Å²) in [5.41, 5.74) is -0.450. The molecule has 0 N–H and O–H groups in total. The van der Waals surface area contributed by atoms with Crippen molar-refractivity contribution in [2.24, 2.45) is 11.8 Å². The van der Waals surface area contributed by atoms with Crippen LogP contribution in [-0.2, 0) is 19.6 Å². The van der Waals surface area contributed by atoms with E-state index in [2.05, 4.69) is 0 Å². The molecule has 0 aromatic heterocycles. The summed E-state index contributed by atoms with van der Waals surface area (Å²) in [4.78, 5) is 22.0. The Morgan fingerprint density at radius 1 is 1.36 bits per heavy atom. The van der Waals surface area contributed by atoms with Crippen LogP contribution in [0.5, 0.6) is 0 Å². The lowest BCUT2D eigenvalue weighted by molar-refractivity contribution is -0.387. The zero-order valence-electron chi connectivity index (χ0n) is 14.0. The van der Waals surface area contributed by atoms with Gasteiger partial charge in [0, 0.05) is 12.6 Å². The normalized spacial score (nSPS) is 28.8. The molecule has 3 rings (SSSR count). The van der Waals surface area contributed by atoms with Crippen LogP contribution in [0.15, 0.2) is 29.2 Å². The van der Waals surface area contributed by atoms with Crippen molar-refractivity contribution in [3.8, 4) is 0 Å². The molecule has 1 unspecified atom stereocenters. The number of ether oxygens (including phenoxy) is 1. The Morgan fingerprint density at radius 3 is 2.68 bits per heavy atom. The van der Waals surface area contributed by atoms with E-state index in [4.69, 9.17) is 4.74 Å². The molecule has 2 saturated heterocycles. The summed E-state index contributed by atoms with van der Waals surface area (Å²) in [6, 6.07) is 4.83. The van der Waals surface area contributed by atoms with E-state index in [-0.39, 0.29) is 23.3 Å². The van der Waals surface area contributed by atoms with Crippen LogP contribution in [0.4, 0.5) is 5.69 Å². The van der Waals surface area contributed by atoms with E-state index < -0.39 is 32.8 Å². The van der Waals surface area contributed by atoms with Crippen LogP contribution in [0, 0.1) is 22.0 Å². The second-order valence-corrected chi connectivity index (χ2v) is 8.76. The molecule has 0 spiro atoms. The molecule has 0 bridgehead atoms. The topological polar surface area (TPSA) is 107 Å². The third-order valence-corrected chi connectivity index (χ3v) is 6.49. The van der Waals surface area contributed by atoms with Gasteiger partial charge < -0.3 is 4.74 Å². The van der Waals surface area contributed by atoms with Crippen molar-refractivity contribution in [1.82, 2.24) is 4.31 Å². The monoisotopic (exact) mass is 368 g/mol. The third kappa shape index (κ3) is 3.38. The summed E-state index contributed by atoms with van der Waals surface area (Å²) in [5.74, 6) is -0.142. The number of hydrogen-bond acceptors (Lipinski definition) is 6. The van der Waals surface area contributed by atoms with Gasteiger partial charge >= 0.3 is 5.97 Å². The fraction of sp³-hybridized carbons (Fsp3) is 0.562. The summed E-state index contributed by atoms with van der Waals surface area (Å²) in [6.07, 6.45) is 0.720. The highest BCUT2D eigenvalue weighted by Gasteiger charge is 2.54. The van der Waals surface area contributed by atoms with Gasteiger partial charge in [-0.15, -0.1) is 0 Å². The van der Waals surface area contributed by atoms with Gasteiger partial charge in [-0.25, -0.2) is 8.42 Å². The number of nitro groups is 1. The highest BCUT2D eigenvalue weighted by molar-refractivity contribution is 7.89. The summed E-state index contributed by atoms with van der Waals surface area (Å²) >= 11 is 0. The zero-order valence-corrected chi connectivity index (χ0v) is 14.8. The summed E-state index contributed by atoms with van der Waals surface area (Å²) in [7, 11) is -3.99. The van der Waals surface area contributed by atoms with Gasteiger partial charge in [-0.05, 0) is 24.8 Å². The maximum atomic E-state index is 12.7. The van der Waals surface area contributed by atoms with E-state index in [9.17, 15) is 23.3 Å². The van der Waals surface area contributed by atoms with Gasteiger partial charge in [0.15, 0.2) is 4.90 Å². The van der Waals surface area contributed by atoms with Crippen LogP contribution in [0.25, 0.3) is 0 Å². The van der Waals surface area contributed by atoms with Crippen molar-refractivity contribution in [1.29, 1.82) is 0 Å². The minimum atomic E-state index is -3.99. The minimum Gasteiger partial charge on any atom is -0.460 e. The Balaban J connectivity index is 1.76. The lowest BCUT2D eigenvalue weighted by atomic mass is 9.93. The molecular weight excluding hydrogens is 348 g/mol. The molecule has 2 fully saturated rings. The molecule has 136 valence electrons. The fourth-order valence-electron chi connectivity index (χ4n) is 3.34. The number of sulfonamides is 1. The van der Waals surface area contributed by atoms with Gasteiger partial charge in [-0.2, -0.15) is 4.31 Å². The fourth-order valence-corrected chi connectivity index (χ4v) is 5.09. The predicted molar refractivity (Wildman–Crippen MR) is 88.2 cm³/mol. The molecule has 0 aliphatic carbocycles. The Hall–Kier alpha value is -2.00. The van der Waals surface area contributed by atoms with E-state index in [1.54, 1.807) is 0 Å². The molecule has 8 nitrogen and oxygen atoms in total. The first-order chi connectivity index (χ1) is 11.7. The first-order valence-electron chi connectivity index (χ1n) is 8.17. The highest BCUT2D eigenvalue weighted by atomic mass is 32.2. The number of cyclic esters (lactones) is 1. The van der Waals surface area contributed by atoms with Crippen molar-refractivity contribution in [2.75, 3.05) is 6.54 Å². The molecule has 25 heavy (non-hydrogen) atoms. The van der Waals surface area contributed by atoms with Crippen LogP contribution >= 0.6 is 0 Å². The molecule has 1 aromatic carbocycles. The number of rotatable bonds is 6. The standard InChI is InChI=1S/C16H20N2O6S/c1-10(2)7-11-8-14(24-16(11)19)13-9-17(13)25(22,23)15-6-4-3-5-12(15)18(20)21/h3-6,10-11,13-14H,7-9H2,1-2H3/t11-,13+,14+,17?/m1/s1. The van der Waals surface area contributed by atoms with Crippen molar-refractivity contribution in [2.45, 2.75) is 43.7 Å². The number of nitro benzene ring substituents is 1. The van der Waals surface area contributed by atoms with Crippen LogP contribution in [0.2, 0.25) is 0 Å². The smallest absolute Gasteiger partial charge is 0.309 e. The van der Waals surface area contributed by atoms with E-state index in [0.717, 1.165) is 0 Å². The first kappa shape index (κ1) is 17.8. The molecule has 9 heteroatoms. The second-order valence-electron chi connectivity index (χ2n) is 6.90. The van der Waals surface area contributed by atoms with E-state index in [0.29, 0.717) is 18.8 Å². The van der Waals surface area contributed by atoms with Gasteiger partial charge in [0.2, 0.25) is 10.0 Å². The predicted octanol–water partition coefficient (Wildman–Crippen LogP) is 1.95. The number of carbonyl (C=O) groups excluding carboxylic acids is 1. The average molecular weight is 368 g/mol. The Labute approximate surface area is 146 Å². The Bertz CT molecular complexity index is 807. The molecule has 2 aliphatic rings. The quantitative estimate of drug-likeness (QED) is 0.329. The molecule has 0 radical (unpaired) electrons. The van der Waals surface area contributed by atoms with Crippen molar-refractivity contribution >= 4 is 21.7 Å². The zero-order chi connectivity index (χ0) is 18.4. The van der Waals surface area contributed by atoms with Crippen LogP contribution in [0.3, 0.4) is 0 Å². The Kier molecular flexibility index (Phi) is 4.54. The van der Waals surface area contributed by atoms with Crippen molar-refractivity contribution < 1.29 is 22.9 Å². The minimum absolute atomic E-state index is 0.207. The molecular formula is C16H20N2O6S. The maximum absolute atomic E-state index is 12.7. The second kappa shape index (κ2) is 6.38. The Morgan fingerprint density at radius 2 is 2.04 bits per heavy atom. The van der Waals surface area contributed by atoms with E-state index in [1.807, 2.05) is 13.8 Å². The molecule has 0 saturated carbocycles. The number of nitrogens with zero attached hydrogens (tertiary/aromatic N) is 2. The average Bonchev–Trinajstić information content (AvgIpc) is 3.27. The van der Waals surface area contributed by atoms with Crippen molar-refractivity contribution in [3.63, 3.8) is 0 Å². The molecule has 0 amide bonds. The number of esters is 1. The number of carbonyl (C=O) groups is 1. The molecule has 4 atom stereocenters. The van der Waals surface area contributed by atoms with Gasteiger partial charge in [0.05, 0.1) is 16.9 Å². The molecule has 2 heterocycles. The highest BCUT2D eigenvalue weighted by Crippen LogP contribution is 2.40. The van der Waals surface area contributed by atoms with Gasteiger partial charge in [0.1, 0.15) is 6.10 Å². The first-order valence-corrected chi connectivity index (χ1v) is 9.61. The van der Waals surface area contributed by atoms with E-state index in [1.165, 1.54) is 28.6 Å². The van der Waals surface area contributed by atoms with Gasteiger partial charge in [-0.1, -0.05) is 26.0 Å². The molecule has 2 aliphatic heterocycles. The lowest BCUT2D eigenvalue weighted by Crippen LogP contribution is -2.23. The lowest BCUT2D eigenvalue weighted by Gasteiger charge is -2.11. The summed E-state index contributed by atoms with van der Waals surface area (Å²) in [5, 5.41) is 11.1. The van der Waals surface area contributed by atoms with Crippen LogP contribution < -0.4 is 0 Å². The number of para-hydroxylation sites is 1. The number of hydrogen-bond donors (Lipinski definition) is 0. The maximum Gasteiger partial charge on any atom is 0.309 e. The third-order valence-electron chi connectivity index (χ3n) is 4.55. The van der Waals surface area contributed by atoms with Gasteiger partial charge in [0.25, 0.3) is 5.69 Å². The SMILES string of the molecule is CC(C)C[C@@H]1C[C@@H]([C@@H]2CN2S(=O)(=O)c2ccccc2[N+](=O)[O-])OC1=O. The van der Waals surface area contributed by atoms with Crippen LogP contribution in [0.1, 0.15) is 26.7 Å². The largest absolute Gasteiger partial charge is 0.460 e. The van der Waals surface area contributed by atoms with Crippen molar-refractivity contribution in [3.05, 3.63) is 34.4 Å². The summed E-state index contributed by atoms with van der Waals surface area (Å²) in [6.45, 7) is 4.24. The number of benzene rings is 1. The van der Waals surface area contributed by atoms with Crippen LogP contribution in [-0.4, -0.2) is 42.3 Å². The summed E-state index contributed by atoms with van der Waals surface area (Å²) < 4.78 is 31.9. The van der Waals surface area contributed by atoms with Gasteiger partial charge in [-0.3, -0.25) is 14.9 Å².